The van der Waals surface area contributed by atoms with Gasteiger partial charge in [-0.05, 0) is 24.6 Å². The summed E-state index contributed by atoms with van der Waals surface area (Å²) < 4.78 is 13.6. The van der Waals surface area contributed by atoms with Gasteiger partial charge in [-0.1, -0.05) is 42.5 Å². The van der Waals surface area contributed by atoms with Gasteiger partial charge in [-0.15, -0.1) is 0 Å². The highest BCUT2D eigenvalue weighted by Gasteiger charge is 2.12. The van der Waals surface area contributed by atoms with Gasteiger partial charge in [0.1, 0.15) is 5.82 Å². The highest BCUT2D eigenvalue weighted by molar-refractivity contribution is 6.03. The Kier molecular flexibility index (Phi) is 5.53. The van der Waals surface area contributed by atoms with Crippen LogP contribution in [0.3, 0.4) is 0 Å². The number of para-hydroxylation sites is 1. The van der Waals surface area contributed by atoms with Gasteiger partial charge in [-0.25, -0.2) is 14.4 Å². The second-order valence-corrected chi connectivity index (χ2v) is 5.71. The zero-order valence-corrected chi connectivity index (χ0v) is 14.4. The topological polar surface area (TPSA) is 58.1 Å². The van der Waals surface area contributed by atoms with E-state index >= 15 is 0 Å². The van der Waals surface area contributed by atoms with Crippen LogP contribution in [0, 0.1) is 5.82 Å². The average Bonchev–Trinajstić information content (AvgIpc) is 2.69. The molecule has 0 saturated carbocycles. The quantitative estimate of drug-likeness (QED) is 0.733. The van der Waals surface area contributed by atoms with Gasteiger partial charge in [-0.3, -0.25) is 4.79 Å². The molecule has 0 radical (unpaired) electrons. The number of aromatic nitrogens is 2. The van der Waals surface area contributed by atoms with Crippen molar-refractivity contribution in [2.45, 2.75) is 13.5 Å². The number of hydrogen-bond donors (Lipinski definition) is 1. The molecule has 6 heteroatoms. The first kappa shape index (κ1) is 17.5. The Morgan fingerprint density at radius 1 is 1.04 bits per heavy atom. The van der Waals surface area contributed by atoms with Crippen LogP contribution in [0.5, 0.6) is 0 Å². The summed E-state index contributed by atoms with van der Waals surface area (Å²) in [5, 5.41) is 2.52. The Balaban J connectivity index is 1.70. The van der Waals surface area contributed by atoms with Gasteiger partial charge in [0, 0.05) is 25.5 Å². The molecule has 1 amide bonds. The van der Waals surface area contributed by atoms with E-state index in [9.17, 15) is 9.18 Å². The number of amides is 1. The maximum absolute atomic E-state index is 13.6. The molecule has 5 nitrogen and oxygen atoms in total. The smallest absolute Gasteiger partial charge is 0.258 e. The fourth-order valence-electron chi connectivity index (χ4n) is 2.49. The van der Waals surface area contributed by atoms with Gasteiger partial charge in [0.25, 0.3) is 5.91 Å². The summed E-state index contributed by atoms with van der Waals surface area (Å²) in [5.41, 5.74) is 1.55. The van der Waals surface area contributed by atoms with Gasteiger partial charge in [-0.2, -0.15) is 0 Å². The van der Waals surface area contributed by atoms with Gasteiger partial charge < -0.3 is 10.2 Å². The van der Waals surface area contributed by atoms with E-state index in [0.29, 0.717) is 12.5 Å². The Labute approximate surface area is 151 Å². The minimum atomic E-state index is -0.488. The summed E-state index contributed by atoms with van der Waals surface area (Å²) in [5.74, 6) is -0.398. The third-order valence-corrected chi connectivity index (χ3v) is 3.90. The molecule has 26 heavy (non-hydrogen) atoms. The van der Waals surface area contributed by atoms with E-state index in [1.807, 2.05) is 42.2 Å². The highest BCUT2D eigenvalue weighted by atomic mass is 19.1. The molecule has 1 N–H and O–H groups in total. The fraction of sp³-hybridized carbons (Fsp3) is 0.150. The highest BCUT2D eigenvalue weighted by Crippen LogP contribution is 2.15. The number of rotatable bonds is 6. The summed E-state index contributed by atoms with van der Waals surface area (Å²) in [6, 6.07) is 16.0. The molecular weight excluding hydrogens is 331 g/mol. The number of benzene rings is 2. The molecule has 0 atom stereocenters. The second-order valence-electron chi connectivity index (χ2n) is 5.71. The number of carbonyl (C=O) groups excluding carboxylic acids is 1. The molecule has 0 spiro atoms. The summed E-state index contributed by atoms with van der Waals surface area (Å²) in [7, 11) is 0. The van der Waals surface area contributed by atoms with Crippen LogP contribution in [-0.4, -0.2) is 22.4 Å². The minimum Gasteiger partial charge on any atom is -0.337 e. The lowest BCUT2D eigenvalue weighted by atomic mass is 10.2. The first-order chi connectivity index (χ1) is 12.7. The maximum Gasteiger partial charge on any atom is 0.258 e. The van der Waals surface area contributed by atoms with Crippen molar-refractivity contribution in [2.24, 2.45) is 0 Å². The largest absolute Gasteiger partial charge is 0.337 e. The van der Waals surface area contributed by atoms with Crippen LogP contribution < -0.4 is 10.2 Å². The summed E-state index contributed by atoms with van der Waals surface area (Å²) >= 11 is 0. The summed E-state index contributed by atoms with van der Waals surface area (Å²) in [6.07, 6.45) is 2.90. The van der Waals surface area contributed by atoms with Gasteiger partial charge in [0.15, 0.2) is 0 Å². The summed E-state index contributed by atoms with van der Waals surface area (Å²) in [6.45, 7) is 3.43. The van der Waals surface area contributed by atoms with Crippen molar-refractivity contribution in [2.75, 3.05) is 16.8 Å². The van der Waals surface area contributed by atoms with Crippen LogP contribution in [0.1, 0.15) is 22.8 Å². The van der Waals surface area contributed by atoms with Crippen molar-refractivity contribution in [1.82, 2.24) is 9.97 Å². The molecule has 0 aliphatic heterocycles. The molecule has 3 rings (SSSR count). The molecule has 0 bridgehead atoms. The van der Waals surface area contributed by atoms with Crippen LogP contribution in [-0.2, 0) is 6.54 Å². The van der Waals surface area contributed by atoms with E-state index in [4.69, 9.17) is 0 Å². The van der Waals surface area contributed by atoms with Crippen molar-refractivity contribution in [3.8, 4) is 0 Å². The van der Waals surface area contributed by atoms with E-state index in [0.717, 1.165) is 12.1 Å². The lowest BCUT2D eigenvalue weighted by Crippen LogP contribution is -2.24. The number of nitrogens with zero attached hydrogens (tertiary/aromatic N) is 3. The Hall–Kier alpha value is -3.28. The Morgan fingerprint density at radius 2 is 1.69 bits per heavy atom. The van der Waals surface area contributed by atoms with E-state index in [1.54, 1.807) is 12.1 Å². The average molecular weight is 350 g/mol. The van der Waals surface area contributed by atoms with E-state index < -0.39 is 11.7 Å². The predicted molar refractivity (Wildman–Crippen MR) is 99.6 cm³/mol. The van der Waals surface area contributed by atoms with Gasteiger partial charge in [0.05, 0.1) is 11.3 Å². The van der Waals surface area contributed by atoms with Crippen molar-refractivity contribution in [1.29, 1.82) is 0 Å². The molecule has 1 aromatic heterocycles. The van der Waals surface area contributed by atoms with Crippen molar-refractivity contribution in [3.05, 3.63) is 83.9 Å². The molecule has 2 aromatic carbocycles. The number of anilines is 2. The van der Waals surface area contributed by atoms with Crippen LogP contribution in [0.25, 0.3) is 0 Å². The Bertz CT molecular complexity index is 868. The lowest BCUT2D eigenvalue weighted by molar-refractivity contribution is 0.102. The third kappa shape index (κ3) is 4.22. The third-order valence-electron chi connectivity index (χ3n) is 3.90. The van der Waals surface area contributed by atoms with Crippen LogP contribution in [0.15, 0.2) is 67.0 Å². The van der Waals surface area contributed by atoms with Gasteiger partial charge >= 0.3 is 0 Å². The Morgan fingerprint density at radius 3 is 2.35 bits per heavy atom. The first-order valence-corrected chi connectivity index (χ1v) is 8.34. The molecule has 0 saturated heterocycles. The lowest BCUT2D eigenvalue weighted by Gasteiger charge is -2.20. The van der Waals surface area contributed by atoms with E-state index in [1.165, 1.54) is 24.5 Å². The van der Waals surface area contributed by atoms with E-state index in [-0.39, 0.29) is 11.3 Å². The fourth-order valence-corrected chi connectivity index (χ4v) is 2.49. The molecule has 0 aliphatic rings. The standard InChI is InChI=1S/C20H19FN4O/c1-2-25(14-15-8-4-3-5-9-15)20-22-12-16(13-23-20)19(26)24-18-11-7-6-10-17(18)21/h3-13H,2,14H2,1H3,(H,24,26). The molecule has 3 aromatic rings. The molecule has 0 fully saturated rings. The monoisotopic (exact) mass is 350 g/mol. The molecular formula is C20H19FN4O. The van der Waals surface area contributed by atoms with Crippen molar-refractivity contribution < 1.29 is 9.18 Å². The predicted octanol–water partition coefficient (Wildman–Crippen LogP) is 3.89. The molecule has 0 unspecified atom stereocenters. The molecule has 132 valence electrons. The number of nitrogens with one attached hydrogen (secondary N) is 1. The number of carbonyl (C=O) groups is 1. The first-order valence-electron chi connectivity index (χ1n) is 8.34. The van der Waals surface area contributed by atoms with Crippen LogP contribution in [0.2, 0.25) is 0 Å². The van der Waals surface area contributed by atoms with Gasteiger partial charge in [0.2, 0.25) is 5.95 Å². The zero-order valence-electron chi connectivity index (χ0n) is 14.4. The zero-order chi connectivity index (χ0) is 18.4. The van der Waals surface area contributed by atoms with Crippen LogP contribution in [0.4, 0.5) is 16.0 Å². The minimum absolute atomic E-state index is 0.126. The van der Waals surface area contributed by atoms with Crippen molar-refractivity contribution in [3.63, 3.8) is 0 Å². The number of halogens is 1. The normalized spacial score (nSPS) is 10.4. The molecule has 0 aliphatic carbocycles. The maximum atomic E-state index is 13.6. The van der Waals surface area contributed by atoms with E-state index in [2.05, 4.69) is 15.3 Å². The number of hydrogen-bond acceptors (Lipinski definition) is 4. The van der Waals surface area contributed by atoms with Crippen LogP contribution >= 0.6 is 0 Å². The SMILES string of the molecule is CCN(Cc1ccccc1)c1ncc(C(=O)Nc2ccccc2F)cn1. The molecule has 1 heterocycles. The van der Waals surface area contributed by atoms with Crippen molar-refractivity contribution >= 4 is 17.5 Å². The second kappa shape index (κ2) is 8.20. The summed E-state index contributed by atoms with van der Waals surface area (Å²) in [4.78, 5) is 22.8.